The summed E-state index contributed by atoms with van der Waals surface area (Å²) in [7, 11) is 0. The summed E-state index contributed by atoms with van der Waals surface area (Å²) in [5, 5.41) is 3.15. The second-order valence-corrected chi connectivity index (χ2v) is 12.3. The number of furan rings is 2. The lowest BCUT2D eigenvalue weighted by atomic mass is 10.0. The molecular weight excluding hydrogens is 621 g/mol. The Morgan fingerprint density at radius 1 is 0.460 bits per heavy atom. The summed E-state index contributed by atoms with van der Waals surface area (Å²) < 4.78 is 16.9. The SMILES string of the molecule is c1ccc(-c2nc(-c3ccc(-c4cccc5c4oc4ccccc45)cc3)nc(-n3c4c5ccccc5oc4n4c5ccccc5nc34)n2)cc1. The second kappa shape index (κ2) is 10.2. The Bertz CT molecular complexity index is 3100. The lowest BCUT2D eigenvalue weighted by Gasteiger charge is -2.10. The number of para-hydroxylation sites is 5. The van der Waals surface area contributed by atoms with Crippen molar-refractivity contribution in [2.45, 2.75) is 0 Å². The Morgan fingerprint density at radius 2 is 1.10 bits per heavy atom. The minimum Gasteiger partial charge on any atom is -0.455 e. The minimum absolute atomic E-state index is 0.451. The number of rotatable bonds is 4. The molecule has 0 fully saturated rings. The highest BCUT2D eigenvalue weighted by Crippen LogP contribution is 2.38. The van der Waals surface area contributed by atoms with E-state index in [4.69, 9.17) is 28.8 Å². The molecule has 0 spiro atoms. The Kier molecular flexibility index (Phi) is 5.51. The Hall–Kier alpha value is -7.06. The maximum absolute atomic E-state index is 6.49. The lowest BCUT2D eigenvalue weighted by molar-refractivity contribution is 0.651. The molecule has 8 heteroatoms. The largest absolute Gasteiger partial charge is 0.455 e. The molecular formula is C42H24N6O2. The second-order valence-electron chi connectivity index (χ2n) is 12.3. The summed E-state index contributed by atoms with van der Waals surface area (Å²) in [5.41, 5.74) is 9.66. The van der Waals surface area contributed by atoms with Gasteiger partial charge in [-0.3, -0.25) is 0 Å². The van der Waals surface area contributed by atoms with E-state index in [-0.39, 0.29) is 0 Å². The van der Waals surface area contributed by atoms with Gasteiger partial charge in [-0.15, -0.1) is 0 Å². The summed E-state index contributed by atoms with van der Waals surface area (Å²) in [6, 6.07) is 48.8. The molecule has 0 atom stereocenters. The fourth-order valence-electron chi connectivity index (χ4n) is 7.12. The van der Waals surface area contributed by atoms with Crippen LogP contribution >= 0.6 is 0 Å². The predicted octanol–water partition coefficient (Wildman–Crippen LogP) is 10.3. The first-order valence-electron chi connectivity index (χ1n) is 16.4. The van der Waals surface area contributed by atoms with Crippen LogP contribution in [0.15, 0.2) is 154 Å². The molecule has 0 N–H and O–H groups in total. The van der Waals surface area contributed by atoms with E-state index in [1.54, 1.807) is 0 Å². The van der Waals surface area contributed by atoms with Crippen molar-refractivity contribution in [1.82, 2.24) is 28.9 Å². The van der Waals surface area contributed by atoms with Gasteiger partial charge in [0.2, 0.25) is 17.4 Å². The van der Waals surface area contributed by atoms with Gasteiger partial charge in [-0.25, -0.2) is 18.9 Å². The third-order valence-electron chi connectivity index (χ3n) is 9.44. The van der Waals surface area contributed by atoms with Crippen LogP contribution in [-0.4, -0.2) is 28.9 Å². The van der Waals surface area contributed by atoms with Crippen molar-refractivity contribution in [3.8, 4) is 39.9 Å². The van der Waals surface area contributed by atoms with Crippen LogP contribution in [0.25, 0.3) is 101 Å². The molecule has 11 aromatic rings. The van der Waals surface area contributed by atoms with Gasteiger partial charge in [0.1, 0.15) is 22.3 Å². The van der Waals surface area contributed by atoms with E-state index >= 15 is 0 Å². The zero-order valence-electron chi connectivity index (χ0n) is 26.4. The minimum atomic E-state index is 0.451. The monoisotopic (exact) mass is 644 g/mol. The molecule has 0 unspecified atom stereocenters. The smallest absolute Gasteiger partial charge is 0.241 e. The van der Waals surface area contributed by atoms with E-state index in [9.17, 15) is 0 Å². The predicted molar refractivity (Wildman–Crippen MR) is 196 cm³/mol. The number of nitrogens with zero attached hydrogens (tertiary/aromatic N) is 6. The van der Waals surface area contributed by atoms with Gasteiger partial charge in [0.15, 0.2) is 11.6 Å². The molecule has 0 aliphatic heterocycles. The Balaban J connectivity index is 1.13. The first-order valence-corrected chi connectivity index (χ1v) is 16.4. The number of imidazole rings is 2. The third-order valence-corrected chi connectivity index (χ3v) is 9.44. The average Bonchev–Trinajstić information content (AvgIpc) is 3.92. The van der Waals surface area contributed by atoms with Crippen LogP contribution in [0, 0.1) is 0 Å². The van der Waals surface area contributed by atoms with Crippen LogP contribution in [0.1, 0.15) is 0 Å². The highest BCUT2D eigenvalue weighted by atomic mass is 16.3. The van der Waals surface area contributed by atoms with Gasteiger partial charge < -0.3 is 8.83 Å². The summed E-state index contributed by atoms with van der Waals surface area (Å²) in [6.45, 7) is 0. The molecule has 0 saturated heterocycles. The number of hydrogen-bond acceptors (Lipinski definition) is 6. The van der Waals surface area contributed by atoms with E-state index in [1.807, 2.05) is 100.0 Å². The van der Waals surface area contributed by atoms with Crippen molar-refractivity contribution in [1.29, 1.82) is 0 Å². The van der Waals surface area contributed by atoms with E-state index in [1.165, 1.54) is 0 Å². The third kappa shape index (κ3) is 3.87. The first kappa shape index (κ1) is 26.9. The summed E-state index contributed by atoms with van der Waals surface area (Å²) in [4.78, 5) is 20.3. The standard InChI is InChI=1S/C42H24N6O2/c1-2-11-26(12-3-1)38-44-39(27-23-21-25(22-24-27)28-15-10-16-30-29-13-4-8-19-34(29)49-37(28)30)46-41(45-38)48-36-31-14-5-9-20-35(31)50-40(36)47-33-18-7-6-17-32(33)43-42(47)48/h1-24H. The number of fused-ring (bicyclic) bond motifs is 10. The van der Waals surface area contributed by atoms with Crippen LogP contribution in [-0.2, 0) is 0 Å². The van der Waals surface area contributed by atoms with Gasteiger partial charge in [0.05, 0.1) is 11.0 Å². The van der Waals surface area contributed by atoms with Crippen molar-refractivity contribution < 1.29 is 8.83 Å². The lowest BCUT2D eigenvalue weighted by Crippen LogP contribution is -2.07. The topological polar surface area (TPSA) is 87.2 Å². The molecule has 8 nitrogen and oxygen atoms in total. The fourth-order valence-corrected chi connectivity index (χ4v) is 7.12. The van der Waals surface area contributed by atoms with Crippen molar-refractivity contribution in [2.24, 2.45) is 0 Å². The summed E-state index contributed by atoms with van der Waals surface area (Å²) in [6.07, 6.45) is 0. The maximum Gasteiger partial charge on any atom is 0.241 e. The van der Waals surface area contributed by atoms with Crippen LogP contribution in [0.2, 0.25) is 0 Å². The number of aromatic nitrogens is 6. The van der Waals surface area contributed by atoms with E-state index in [0.717, 1.165) is 71.7 Å². The molecule has 11 rings (SSSR count). The van der Waals surface area contributed by atoms with Gasteiger partial charge in [-0.1, -0.05) is 115 Å². The van der Waals surface area contributed by atoms with Gasteiger partial charge >= 0.3 is 0 Å². The highest BCUT2D eigenvalue weighted by Gasteiger charge is 2.25. The molecule has 6 aromatic carbocycles. The average molecular weight is 645 g/mol. The van der Waals surface area contributed by atoms with E-state index in [0.29, 0.717) is 29.1 Å². The molecule has 0 saturated carbocycles. The van der Waals surface area contributed by atoms with Crippen molar-refractivity contribution in [2.75, 3.05) is 0 Å². The quantitative estimate of drug-likeness (QED) is 0.189. The Labute approximate surface area is 283 Å². The van der Waals surface area contributed by atoms with Crippen molar-refractivity contribution in [3.05, 3.63) is 146 Å². The van der Waals surface area contributed by atoms with Crippen molar-refractivity contribution >= 4 is 60.9 Å². The van der Waals surface area contributed by atoms with Crippen LogP contribution in [0.4, 0.5) is 0 Å². The normalized spacial score (nSPS) is 12.0. The molecule has 0 bridgehead atoms. The molecule has 5 heterocycles. The van der Waals surface area contributed by atoms with Crippen LogP contribution < -0.4 is 0 Å². The van der Waals surface area contributed by atoms with Gasteiger partial charge in [-0.2, -0.15) is 9.97 Å². The molecule has 0 aliphatic rings. The zero-order valence-corrected chi connectivity index (χ0v) is 26.4. The fraction of sp³-hybridized carbons (Fsp3) is 0. The molecule has 234 valence electrons. The zero-order chi connectivity index (χ0) is 32.8. The molecule has 5 aromatic heterocycles. The van der Waals surface area contributed by atoms with E-state index < -0.39 is 0 Å². The number of benzene rings is 6. The molecule has 50 heavy (non-hydrogen) atoms. The molecule has 0 aliphatic carbocycles. The maximum atomic E-state index is 6.49. The van der Waals surface area contributed by atoms with Crippen molar-refractivity contribution in [3.63, 3.8) is 0 Å². The van der Waals surface area contributed by atoms with Gasteiger partial charge in [0, 0.05) is 32.8 Å². The van der Waals surface area contributed by atoms with Crippen LogP contribution in [0.3, 0.4) is 0 Å². The highest BCUT2D eigenvalue weighted by molar-refractivity contribution is 6.09. The summed E-state index contributed by atoms with van der Waals surface area (Å²) >= 11 is 0. The first-order chi connectivity index (χ1) is 24.8. The molecule has 0 amide bonds. The Morgan fingerprint density at radius 3 is 1.92 bits per heavy atom. The van der Waals surface area contributed by atoms with Crippen LogP contribution in [0.5, 0.6) is 0 Å². The van der Waals surface area contributed by atoms with Gasteiger partial charge in [0.25, 0.3) is 0 Å². The van der Waals surface area contributed by atoms with Gasteiger partial charge in [-0.05, 0) is 35.9 Å². The number of hydrogen-bond donors (Lipinski definition) is 0. The molecule has 0 radical (unpaired) electrons. The summed E-state index contributed by atoms with van der Waals surface area (Å²) in [5.74, 6) is 2.22. The van der Waals surface area contributed by atoms with E-state index in [2.05, 4.69) is 54.6 Å².